The van der Waals surface area contributed by atoms with Gasteiger partial charge in [-0.1, -0.05) is 24.3 Å². The summed E-state index contributed by atoms with van der Waals surface area (Å²) in [5, 5.41) is 0. The summed E-state index contributed by atoms with van der Waals surface area (Å²) in [6.45, 7) is 8.88. The summed E-state index contributed by atoms with van der Waals surface area (Å²) in [7, 11) is 1.74. The molecule has 4 aromatic rings. The number of ether oxygens (including phenoxy) is 1. The molecular formula is C31H36F2N6O2. The van der Waals surface area contributed by atoms with Crippen molar-refractivity contribution in [2.45, 2.75) is 64.4 Å². The molecular weight excluding hydrogens is 526 g/mol. The van der Waals surface area contributed by atoms with E-state index in [1.807, 2.05) is 6.92 Å². The van der Waals surface area contributed by atoms with Crippen LogP contribution < -0.4 is 10.6 Å². The van der Waals surface area contributed by atoms with Crippen molar-refractivity contribution in [2.24, 2.45) is 7.05 Å². The second kappa shape index (κ2) is 11.0. The molecule has 0 bridgehead atoms. The van der Waals surface area contributed by atoms with Crippen molar-refractivity contribution in [1.82, 2.24) is 24.0 Å². The molecule has 8 nitrogen and oxygen atoms in total. The number of anilines is 1. The van der Waals surface area contributed by atoms with Crippen molar-refractivity contribution in [2.75, 3.05) is 24.6 Å². The van der Waals surface area contributed by atoms with E-state index in [-0.39, 0.29) is 41.6 Å². The van der Waals surface area contributed by atoms with Gasteiger partial charge in [-0.2, -0.15) is 4.98 Å². The highest BCUT2D eigenvalue weighted by molar-refractivity contribution is 5.84. The standard InChI is InChI=1S/C31H36F2N6O2/c1-19-17-38(29-27-30(36(4)31(40)35-29)39(21(3)34-27)18-26-6-5-15-41-26)20(2)16-37(19)28(22-7-11-24(32)12-8-22)23-9-13-25(33)14-10-23/h7-14,19-20,26,28H,5-6,15-18H2,1-4H3/t19-,20+,26+/m1/s1. The highest BCUT2D eigenvalue weighted by Gasteiger charge is 2.37. The smallest absolute Gasteiger partial charge is 0.350 e. The first kappa shape index (κ1) is 27.5. The van der Waals surface area contributed by atoms with Gasteiger partial charge in [-0.15, -0.1) is 0 Å². The second-order valence-electron chi connectivity index (χ2n) is 11.4. The number of hydrogen-bond donors (Lipinski definition) is 0. The van der Waals surface area contributed by atoms with Crippen LogP contribution in [0.3, 0.4) is 0 Å². The van der Waals surface area contributed by atoms with Crippen LogP contribution in [0.4, 0.5) is 14.6 Å². The van der Waals surface area contributed by atoms with Crippen molar-refractivity contribution >= 4 is 17.0 Å². The Hall–Kier alpha value is -3.63. The molecule has 0 aliphatic carbocycles. The summed E-state index contributed by atoms with van der Waals surface area (Å²) in [6.07, 6.45) is 2.14. The third kappa shape index (κ3) is 5.15. The van der Waals surface area contributed by atoms with Gasteiger partial charge in [0.15, 0.2) is 5.82 Å². The average molecular weight is 563 g/mol. The number of rotatable bonds is 6. The number of halogens is 2. The Kier molecular flexibility index (Phi) is 7.37. The largest absolute Gasteiger partial charge is 0.376 e. The van der Waals surface area contributed by atoms with Gasteiger partial charge >= 0.3 is 5.69 Å². The van der Waals surface area contributed by atoms with Gasteiger partial charge in [-0.25, -0.2) is 18.6 Å². The predicted octanol–water partition coefficient (Wildman–Crippen LogP) is 4.58. The number of nitrogens with zero attached hydrogens (tertiary/aromatic N) is 6. The molecule has 0 saturated carbocycles. The van der Waals surface area contributed by atoms with Crippen LogP contribution >= 0.6 is 0 Å². The molecule has 0 radical (unpaired) electrons. The number of aryl methyl sites for hydroxylation is 2. The zero-order chi connectivity index (χ0) is 28.8. The van der Waals surface area contributed by atoms with Crippen molar-refractivity contribution < 1.29 is 13.5 Å². The van der Waals surface area contributed by atoms with Crippen LogP contribution in [0.2, 0.25) is 0 Å². The first-order valence-corrected chi connectivity index (χ1v) is 14.3. The topological polar surface area (TPSA) is 68.4 Å². The zero-order valence-electron chi connectivity index (χ0n) is 23.9. The number of imidazole rings is 1. The van der Waals surface area contributed by atoms with Crippen LogP contribution in [0.5, 0.6) is 0 Å². The highest BCUT2D eigenvalue weighted by Crippen LogP contribution is 2.36. The minimum atomic E-state index is -0.321. The van der Waals surface area contributed by atoms with Crippen LogP contribution in [0.15, 0.2) is 53.3 Å². The van der Waals surface area contributed by atoms with Gasteiger partial charge in [-0.3, -0.25) is 9.47 Å². The molecule has 2 aliphatic rings. The van der Waals surface area contributed by atoms with Gasteiger partial charge in [0.1, 0.15) is 28.6 Å². The minimum absolute atomic E-state index is 0.0129. The average Bonchev–Trinajstić information content (AvgIpc) is 3.58. The quantitative estimate of drug-likeness (QED) is 0.343. The van der Waals surface area contributed by atoms with E-state index in [0.717, 1.165) is 42.0 Å². The fraction of sp³-hybridized carbons (Fsp3) is 0.452. The SMILES string of the molecule is Cc1nc2c(N3C[C@@H](C)N(C(c4ccc(F)cc4)c4ccc(F)cc4)C[C@@H]3C)nc(=O)n(C)c2n1C[C@@H]1CCCO1. The van der Waals surface area contributed by atoms with Gasteiger partial charge < -0.3 is 14.2 Å². The Morgan fingerprint density at radius 3 is 2.17 bits per heavy atom. The molecule has 6 rings (SSSR count). The first-order chi connectivity index (χ1) is 19.7. The van der Waals surface area contributed by atoms with Gasteiger partial charge in [0, 0.05) is 38.8 Å². The Labute approximate surface area is 238 Å². The summed E-state index contributed by atoms with van der Waals surface area (Å²) in [4.78, 5) is 27.1. The molecule has 2 fully saturated rings. The van der Waals surface area contributed by atoms with E-state index in [4.69, 9.17) is 9.72 Å². The monoisotopic (exact) mass is 562 g/mol. The molecule has 2 aromatic carbocycles. The van der Waals surface area contributed by atoms with Crippen LogP contribution in [0.25, 0.3) is 11.2 Å². The van der Waals surface area contributed by atoms with E-state index in [0.29, 0.717) is 31.0 Å². The van der Waals surface area contributed by atoms with Crippen LogP contribution in [0.1, 0.15) is 49.7 Å². The lowest BCUT2D eigenvalue weighted by molar-refractivity contribution is 0.0972. The predicted molar refractivity (Wildman–Crippen MR) is 154 cm³/mol. The Bertz CT molecular complexity index is 1550. The normalized spacial score (nSPS) is 21.8. The van der Waals surface area contributed by atoms with Crippen LogP contribution in [-0.2, 0) is 18.3 Å². The number of piperazine rings is 1. The van der Waals surface area contributed by atoms with Gasteiger partial charge in [0.25, 0.3) is 0 Å². The molecule has 2 aliphatic heterocycles. The molecule has 0 spiro atoms. The first-order valence-electron chi connectivity index (χ1n) is 14.3. The molecule has 0 amide bonds. The van der Waals surface area contributed by atoms with Crippen molar-refractivity contribution in [3.8, 4) is 0 Å². The maximum absolute atomic E-state index is 13.8. The summed E-state index contributed by atoms with van der Waals surface area (Å²) >= 11 is 0. The third-order valence-electron chi connectivity index (χ3n) is 8.57. The number of fused-ring (bicyclic) bond motifs is 1. The minimum Gasteiger partial charge on any atom is -0.376 e. The Morgan fingerprint density at radius 2 is 1.59 bits per heavy atom. The number of aromatic nitrogens is 4. The fourth-order valence-corrected chi connectivity index (χ4v) is 6.44. The fourth-order valence-electron chi connectivity index (χ4n) is 6.44. The van der Waals surface area contributed by atoms with E-state index in [9.17, 15) is 13.6 Å². The summed E-state index contributed by atoms with van der Waals surface area (Å²) in [6, 6.07) is 12.9. The molecule has 10 heteroatoms. The highest BCUT2D eigenvalue weighted by atomic mass is 19.1. The third-order valence-corrected chi connectivity index (χ3v) is 8.57. The molecule has 41 heavy (non-hydrogen) atoms. The van der Waals surface area contributed by atoms with E-state index in [1.165, 1.54) is 24.3 Å². The zero-order valence-corrected chi connectivity index (χ0v) is 23.9. The Balaban J connectivity index is 1.36. The molecule has 3 atom stereocenters. The van der Waals surface area contributed by atoms with Gasteiger partial charge in [0.2, 0.25) is 0 Å². The van der Waals surface area contributed by atoms with E-state index in [2.05, 4.69) is 33.2 Å². The van der Waals surface area contributed by atoms with Crippen molar-refractivity contribution in [1.29, 1.82) is 0 Å². The number of hydrogen-bond acceptors (Lipinski definition) is 6. The second-order valence-corrected chi connectivity index (χ2v) is 11.4. The molecule has 0 N–H and O–H groups in total. The molecule has 2 aromatic heterocycles. The van der Waals surface area contributed by atoms with E-state index >= 15 is 0 Å². The summed E-state index contributed by atoms with van der Waals surface area (Å²) in [5.74, 6) is 0.823. The van der Waals surface area contributed by atoms with Crippen LogP contribution in [0, 0.1) is 18.6 Å². The Morgan fingerprint density at radius 1 is 0.951 bits per heavy atom. The van der Waals surface area contributed by atoms with Crippen LogP contribution in [-0.4, -0.2) is 61.9 Å². The lowest BCUT2D eigenvalue weighted by Crippen LogP contribution is -2.58. The van der Waals surface area contributed by atoms with Crippen molar-refractivity contribution in [3.63, 3.8) is 0 Å². The maximum atomic E-state index is 13.8. The molecule has 4 heterocycles. The molecule has 216 valence electrons. The summed E-state index contributed by atoms with van der Waals surface area (Å²) in [5.41, 5.74) is 3.01. The lowest BCUT2D eigenvalue weighted by atomic mass is 9.93. The van der Waals surface area contributed by atoms with Gasteiger partial charge in [-0.05, 0) is 69.0 Å². The lowest BCUT2D eigenvalue weighted by Gasteiger charge is -2.48. The number of benzene rings is 2. The maximum Gasteiger partial charge on any atom is 0.350 e. The molecule has 2 saturated heterocycles. The summed E-state index contributed by atoms with van der Waals surface area (Å²) < 4.78 is 37.2. The van der Waals surface area contributed by atoms with E-state index < -0.39 is 0 Å². The van der Waals surface area contributed by atoms with Crippen molar-refractivity contribution in [3.05, 3.63) is 87.6 Å². The van der Waals surface area contributed by atoms with E-state index in [1.54, 1.807) is 35.9 Å². The molecule has 0 unspecified atom stereocenters. The van der Waals surface area contributed by atoms with Gasteiger partial charge in [0.05, 0.1) is 18.7 Å².